The van der Waals surface area contributed by atoms with E-state index in [1.165, 1.54) is 11.3 Å². The lowest BCUT2D eigenvalue weighted by Gasteiger charge is -2.06. The molecule has 1 aromatic heterocycles. The number of hydrogen-bond donors (Lipinski definition) is 1. The second-order valence-electron chi connectivity index (χ2n) is 3.51. The summed E-state index contributed by atoms with van der Waals surface area (Å²) in [6.45, 7) is 2.00. The molecule has 0 aliphatic rings. The minimum absolute atomic E-state index is 0.0231. The summed E-state index contributed by atoms with van der Waals surface area (Å²) in [5.41, 5.74) is 2.82. The summed E-state index contributed by atoms with van der Waals surface area (Å²) in [6, 6.07) is 6.00. The molecule has 0 spiro atoms. The predicted octanol–water partition coefficient (Wildman–Crippen LogP) is 2.62. The molecule has 0 aliphatic carbocycles. The molecule has 4 heteroatoms. The number of aliphatic hydroxyl groups is 1. The molecule has 2 aromatic rings. The fourth-order valence-corrected chi connectivity index (χ4v) is 2.32. The molecule has 1 N–H and O–H groups in total. The van der Waals surface area contributed by atoms with E-state index in [2.05, 4.69) is 4.98 Å². The topological polar surface area (TPSA) is 42.4 Å². The zero-order chi connectivity index (χ0) is 11.5. The van der Waals surface area contributed by atoms with Crippen LogP contribution >= 0.6 is 11.3 Å². The third-order valence-electron chi connectivity index (χ3n) is 2.30. The summed E-state index contributed by atoms with van der Waals surface area (Å²) in [4.78, 5) is 4.33. The summed E-state index contributed by atoms with van der Waals surface area (Å²) in [7, 11) is 1.65. The van der Waals surface area contributed by atoms with Gasteiger partial charge in [-0.2, -0.15) is 0 Å². The first-order valence-corrected chi connectivity index (χ1v) is 5.83. The van der Waals surface area contributed by atoms with Crippen LogP contribution in [-0.2, 0) is 6.61 Å². The Labute approximate surface area is 98.4 Å². The molecular formula is C12H13NO2S. The molecular weight excluding hydrogens is 222 g/mol. The van der Waals surface area contributed by atoms with Crippen LogP contribution in [0.5, 0.6) is 5.75 Å². The van der Waals surface area contributed by atoms with Gasteiger partial charge in [-0.3, -0.25) is 0 Å². The number of ether oxygens (including phenoxy) is 1. The lowest BCUT2D eigenvalue weighted by molar-refractivity contribution is 0.278. The van der Waals surface area contributed by atoms with Gasteiger partial charge in [0.2, 0.25) is 0 Å². The first-order valence-electron chi connectivity index (χ1n) is 4.95. The number of hydrogen-bond acceptors (Lipinski definition) is 4. The van der Waals surface area contributed by atoms with E-state index < -0.39 is 0 Å². The van der Waals surface area contributed by atoms with E-state index in [-0.39, 0.29) is 6.61 Å². The predicted molar refractivity (Wildman–Crippen MR) is 64.8 cm³/mol. The van der Waals surface area contributed by atoms with Crippen molar-refractivity contribution in [2.75, 3.05) is 7.11 Å². The van der Waals surface area contributed by atoms with Crippen molar-refractivity contribution in [1.29, 1.82) is 0 Å². The number of nitrogens with zero attached hydrogens (tertiary/aromatic N) is 1. The van der Waals surface area contributed by atoms with Gasteiger partial charge in [0.25, 0.3) is 0 Å². The quantitative estimate of drug-likeness (QED) is 0.889. The molecule has 3 nitrogen and oxygen atoms in total. The largest absolute Gasteiger partial charge is 0.496 e. The van der Waals surface area contributed by atoms with Gasteiger partial charge in [-0.05, 0) is 24.6 Å². The van der Waals surface area contributed by atoms with Crippen LogP contribution in [0.4, 0.5) is 0 Å². The highest BCUT2D eigenvalue weighted by Crippen LogP contribution is 2.32. The normalized spacial score (nSPS) is 10.4. The SMILES string of the molecule is COc1cc(C)ccc1-c1nc(CO)cs1. The molecule has 0 aliphatic heterocycles. The number of benzene rings is 1. The lowest BCUT2D eigenvalue weighted by Crippen LogP contribution is -1.89. The van der Waals surface area contributed by atoms with Crippen LogP contribution in [0.2, 0.25) is 0 Å². The van der Waals surface area contributed by atoms with Crippen molar-refractivity contribution in [1.82, 2.24) is 4.98 Å². The van der Waals surface area contributed by atoms with Gasteiger partial charge in [-0.25, -0.2) is 4.98 Å². The molecule has 0 bridgehead atoms. The molecule has 0 radical (unpaired) electrons. The molecule has 84 valence electrons. The summed E-state index contributed by atoms with van der Waals surface area (Å²) in [5, 5.41) is 11.7. The highest BCUT2D eigenvalue weighted by atomic mass is 32.1. The van der Waals surface area contributed by atoms with E-state index in [1.54, 1.807) is 7.11 Å². The van der Waals surface area contributed by atoms with Crippen LogP contribution in [0.25, 0.3) is 10.6 Å². The van der Waals surface area contributed by atoms with Crippen molar-refractivity contribution in [3.05, 3.63) is 34.8 Å². The molecule has 0 amide bonds. The lowest BCUT2D eigenvalue weighted by atomic mass is 10.1. The molecule has 0 unspecified atom stereocenters. The first-order chi connectivity index (χ1) is 7.74. The Morgan fingerprint density at radius 1 is 1.44 bits per heavy atom. The maximum Gasteiger partial charge on any atom is 0.129 e. The van der Waals surface area contributed by atoms with Crippen LogP contribution in [0.3, 0.4) is 0 Å². The standard InChI is InChI=1S/C12H13NO2S/c1-8-3-4-10(11(5-8)15-2)12-13-9(6-14)7-16-12/h3-5,7,14H,6H2,1-2H3. The average Bonchev–Trinajstić information content (AvgIpc) is 2.77. The van der Waals surface area contributed by atoms with Crippen molar-refractivity contribution in [2.24, 2.45) is 0 Å². The minimum Gasteiger partial charge on any atom is -0.496 e. The zero-order valence-electron chi connectivity index (χ0n) is 9.23. The van der Waals surface area contributed by atoms with Crippen LogP contribution in [0.15, 0.2) is 23.6 Å². The Kier molecular flexibility index (Phi) is 3.22. The molecule has 0 saturated heterocycles. The molecule has 1 aromatic carbocycles. The van der Waals surface area contributed by atoms with E-state index in [9.17, 15) is 0 Å². The Bertz CT molecular complexity index is 494. The van der Waals surface area contributed by atoms with Crippen molar-refractivity contribution >= 4 is 11.3 Å². The van der Waals surface area contributed by atoms with Gasteiger partial charge < -0.3 is 9.84 Å². The second kappa shape index (κ2) is 4.63. The van der Waals surface area contributed by atoms with Crippen LogP contribution in [0, 0.1) is 6.92 Å². The molecule has 0 atom stereocenters. The minimum atomic E-state index is -0.0231. The Morgan fingerprint density at radius 2 is 2.25 bits per heavy atom. The van der Waals surface area contributed by atoms with E-state index in [4.69, 9.17) is 9.84 Å². The molecule has 16 heavy (non-hydrogen) atoms. The maximum absolute atomic E-state index is 8.98. The van der Waals surface area contributed by atoms with Gasteiger partial charge in [0.15, 0.2) is 0 Å². The summed E-state index contributed by atoms with van der Waals surface area (Å²) >= 11 is 1.51. The second-order valence-corrected chi connectivity index (χ2v) is 4.36. The van der Waals surface area contributed by atoms with Crippen molar-refractivity contribution < 1.29 is 9.84 Å². The highest BCUT2D eigenvalue weighted by Gasteiger charge is 2.09. The fourth-order valence-electron chi connectivity index (χ4n) is 1.48. The summed E-state index contributed by atoms with van der Waals surface area (Å²) in [5.74, 6) is 0.818. The van der Waals surface area contributed by atoms with Gasteiger partial charge in [0.05, 0.1) is 25.0 Å². The monoisotopic (exact) mass is 235 g/mol. The number of aliphatic hydroxyl groups excluding tert-OH is 1. The Morgan fingerprint density at radius 3 is 2.88 bits per heavy atom. The average molecular weight is 235 g/mol. The van der Waals surface area contributed by atoms with E-state index in [0.29, 0.717) is 5.69 Å². The smallest absolute Gasteiger partial charge is 0.129 e. The van der Waals surface area contributed by atoms with E-state index in [0.717, 1.165) is 21.9 Å². The molecule has 1 heterocycles. The van der Waals surface area contributed by atoms with Crippen LogP contribution in [0.1, 0.15) is 11.3 Å². The molecule has 2 rings (SSSR count). The number of rotatable bonds is 3. The fraction of sp³-hybridized carbons (Fsp3) is 0.250. The van der Waals surface area contributed by atoms with Gasteiger partial charge in [0, 0.05) is 5.38 Å². The third-order valence-corrected chi connectivity index (χ3v) is 3.23. The third kappa shape index (κ3) is 2.08. The Hall–Kier alpha value is -1.39. The van der Waals surface area contributed by atoms with E-state index in [1.807, 2.05) is 30.5 Å². The van der Waals surface area contributed by atoms with Crippen LogP contribution in [-0.4, -0.2) is 17.2 Å². The van der Waals surface area contributed by atoms with Crippen molar-refractivity contribution in [3.8, 4) is 16.3 Å². The van der Waals surface area contributed by atoms with Crippen LogP contribution < -0.4 is 4.74 Å². The number of aromatic nitrogens is 1. The van der Waals surface area contributed by atoms with Gasteiger partial charge in [0.1, 0.15) is 10.8 Å². The van der Waals surface area contributed by atoms with Gasteiger partial charge >= 0.3 is 0 Å². The number of thiazole rings is 1. The zero-order valence-corrected chi connectivity index (χ0v) is 10.0. The number of methoxy groups -OCH3 is 1. The highest BCUT2D eigenvalue weighted by molar-refractivity contribution is 7.13. The van der Waals surface area contributed by atoms with Gasteiger partial charge in [-0.15, -0.1) is 11.3 Å². The first kappa shape index (κ1) is 11.1. The van der Waals surface area contributed by atoms with Gasteiger partial charge in [-0.1, -0.05) is 6.07 Å². The summed E-state index contributed by atoms with van der Waals surface area (Å²) in [6.07, 6.45) is 0. The molecule has 0 fully saturated rings. The summed E-state index contributed by atoms with van der Waals surface area (Å²) < 4.78 is 5.33. The van der Waals surface area contributed by atoms with Crippen molar-refractivity contribution in [2.45, 2.75) is 13.5 Å². The Balaban J connectivity index is 2.46. The van der Waals surface area contributed by atoms with Crippen molar-refractivity contribution in [3.63, 3.8) is 0 Å². The number of aryl methyl sites for hydroxylation is 1. The van der Waals surface area contributed by atoms with E-state index >= 15 is 0 Å². The maximum atomic E-state index is 8.98. The molecule has 0 saturated carbocycles.